The predicted octanol–water partition coefficient (Wildman–Crippen LogP) is 4.98. The van der Waals surface area contributed by atoms with E-state index in [0.29, 0.717) is 37.0 Å². The summed E-state index contributed by atoms with van der Waals surface area (Å²) in [7, 11) is 3.02. The Hall–Kier alpha value is -3.96. The van der Waals surface area contributed by atoms with Gasteiger partial charge in [-0.3, -0.25) is 0 Å². The number of hydrogen-bond acceptors (Lipinski definition) is 6. The molecule has 1 aliphatic heterocycles. The zero-order valence-corrected chi connectivity index (χ0v) is 21.1. The van der Waals surface area contributed by atoms with Gasteiger partial charge in [0.1, 0.15) is 23.7 Å². The Morgan fingerprint density at radius 3 is 2.58 bits per heavy atom. The second-order valence-corrected chi connectivity index (χ2v) is 9.71. The molecule has 2 aliphatic rings. The topological polar surface area (TPSA) is 73.9 Å². The van der Waals surface area contributed by atoms with Crippen LogP contribution in [0.25, 0.3) is 17.1 Å². The van der Waals surface area contributed by atoms with Crippen LogP contribution in [0, 0.1) is 12.7 Å². The third-order valence-corrected chi connectivity index (χ3v) is 7.16. The Balaban J connectivity index is 1.35. The van der Waals surface area contributed by atoms with Crippen molar-refractivity contribution < 1.29 is 22.3 Å². The minimum Gasteiger partial charge on any atom is -0.479 e. The van der Waals surface area contributed by atoms with Crippen LogP contribution >= 0.6 is 0 Å². The predicted molar refractivity (Wildman–Crippen MR) is 131 cm³/mol. The van der Waals surface area contributed by atoms with Crippen LogP contribution in [0.4, 0.5) is 23.2 Å². The van der Waals surface area contributed by atoms with E-state index in [4.69, 9.17) is 9.84 Å². The first-order valence-electron chi connectivity index (χ1n) is 12.3. The maximum atomic E-state index is 15.4. The van der Waals surface area contributed by atoms with E-state index in [1.807, 2.05) is 16.5 Å². The van der Waals surface area contributed by atoms with Gasteiger partial charge in [-0.15, -0.1) is 0 Å². The standard InChI is InChI=1S/C26H25F4N7O/c1-14-17-8-9-36(11-20(17)37(34-14)23-22(15-4-5-15)31-13-32-25(23)38-3)19-7-6-16(10-18(19)27)24-33-21(12-35(24)2)26(28,29)30/h6-7,10,12-13,15H,4-5,8-9,11H2,1-3H3. The molecule has 1 aromatic carbocycles. The Morgan fingerprint density at radius 2 is 1.92 bits per heavy atom. The van der Waals surface area contributed by atoms with Crippen molar-refractivity contribution in [3.05, 3.63) is 64.9 Å². The number of halogens is 4. The third-order valence-electron chi connectivity index (χ3n) is 7.16. The van der Waals surface area contributed by atoms with Crippen LogP contribution < -0.4 is 9.64 Å². The lowest BCUT2D eigenvalue weighted by Crippen LogP contribution is -2.32. The summed E-state index contributed by atoms with van der Waals surface area (Å²) in [6.45, 7) is 2.90. The fourth-order valence-corrected chi connectivity index (χ4v) is 5.15. The highest BCUT2D eigenvalue weighted by Gasteiger charge is 2.35. The molecule has 12 heteroatoms. The van der Waals surface area contributed by atoms with E-state index in [9.17, 15) is 13.2 Å². The summed E-state index contributed by atoms with van der Waals surface area (Å²) in [6.07, 6.45) is 0.563. The molecule has 0 unspecified atom stereocenters. The molecule has 0 saturated heterocycles. The second kappa shape index (κ2) is 8.81. The van der Waals surface area contributed by atoms with E-state index >= 15 is 4.39 Å². The summed E-state index contributed by atoms with van der Waals surface area (Å²) in [5.41, 5.74) is 4.11. The molecule has 6 rings (SSSR count). The molecule has 0 spiro atoms. The number of anilines is 1. The Morgan fingerprint density at radius 1 is 1.13 bits per heavy atom. The SMILES string of the molecule is COc1ncnc(C2CC2)c1-n1nc(C)c2c1CN(c1ccc(-c3nc(C(F)(F)F)cn3C)cc1F)CC2. The van der Waals surface area contributed by atoms with Gasteiger partial charge in [0, 0.05) is 36.8 Å². The Kier molecular flexibility index (Phi) is 5.65. The maximum absolute atomic E-state index is 15.4. The van der Waals surface area contributed by atoms with Crippen LogP contribution in [-0.2, 0) is 26.2 Å². The molecule has 0 atom stereocenters. The monoisotopic (exact) mass is 527 g/mol. The average Bonchev–Trinajstić information content (AvgIpc) is 3.58. The summed E-state index contributed by atoms with van der Waals surface area (Å²) in [5.74, 6) is 0.273. The Bertz CT molecular complexity index is 1540. The van der Waals surface area contributed by atoms with Crippen molar-refractivity contribution in [3.63, 3.8) is 0 Å². The number of rotatable bonds is 5. The molecule has 8 nitrogen and oxygen atoms in total. The fourth-order valence-electron chi connectivity index (χ4n) is 5.15. The number of benzene rings is 1. The summed E-state index contributed by atoms with van der Waals surface area (Å²) >= 11 is 0. The number of methoxy groups -OCH3 is 1. The summed E-state index contributed by atoms with van der Waals surface area (Å²) in [5, 5.41) is 4.81. The van der Waals surface area contributed by atoms with Crippen LogP contribution in [0.1, 0.15) is 47.1 Å². The first-order chi connectivity index (χ1) is 18.2. The van der Waals surface area contributed by atoms with E-state index < -0.39 is 17.7 Å². The lowest BCUT2D eigenvalue weighted by molar-refractivity contribution is -0.140. The van der Waals surface area contributed by atoms with Crippen molar-refractivity contribution >= 4 is 5.69 Å². The molecule has 0 radical (unpaired) electrons. The van der Waals surface area contributed by atoms with E-state index in [1.165, 1.54) is 24.0 Å². The molecule has 0 bridgehead atoms. The first-order valence-corrected chi connectivity index (χ1v) is 12.3. The molecular formula is C26H25F4N7O. The van der Waals surface area contributed by atoms with E-state index in [-0.39, 0.29) is 11.4 Å². The summed E-state index contributed by atoms with van der Waals surface area (Å²) in [4.78, 5) is 14.4. The highest BCUT2D eigenvalue weighted by atomic mass is 19.4. The molecule has 1 saturated carbocycles. The van der Waals surface area contributed by atoms with Gasteiger partial charge in [0.15, 0.2) is 5.69 Å². The number of fused-ring (bicyclic) bond motifs is 1. The molecular weight excluding hydrogens is 502 g/mol. The number of aromatic nitrogens is 6. The smallest absolute Gasteiger partial charge is 0.434 e. The van der Waals surface area contributed by atoms with Crippen molar-refractivity contribution in [2.45, 2.75) is 44.8 Å². The average molecular weight is 528 g/mol. The van der Waals surface area contributed by atoms with E-state index in [2.05, 4.69) is 15.0 Å². The molecule has 3 aromatic heterocycles. The van der Waals surface area contributed by atoms with Crippen molar-refractivity contribution in [1.29, 1.82) is 0 Å². The minimum absolute atomic E-state index is 0.0428. The number of aryl methyl sites for hydroxylation is 2. The van der Waals surface area contributed by atoms with Crippen molar-refractivity contribution in [3.8, 4) is 23.0 Å². The Labute approximate surface area is 215 Å². The molecule has 38 heavy (non-hydrogen) atoms. The lowest BCUT2D eigenvalue weighted by atomic mass is 10.0. The van der Waals surface area contributed by atoms with Crippen LogP contribution in [0.2, 0.25) is 0 Å². The minimum atomic E-state index is -4.58. The number of nitrogens with zero attached hydrogens (tertiary/aromatic N) is 7. The third kappa shape index (κ3) is 4.07. The number of imidazole rings is 1. The second-order valence-electron chi connectivity index (χ2n) is 9.71. The molecule has 1 aliphatic carbocycles. The number of hydrogen-bond donors (Lipinski definition) is 0. The summed E-state index contributed by atoms with van der Waals surface area (Å²) < 4.78 is 63.4. The van der Waals surface area contributed by atoms with Gasteiger partial charge in [-0.2, -0.15) is 23.3 Å². The molecule has 4 aromatic rings. The fraction of sp³-hybridized carbons (Fsp3) is 0.385. The quantitative estimate of drug-likeness (QED) is 0.341. The zero-order valence-electron chi connectivity index (χ0n) is 21.1. The molecule has 198 valence electrons. The van der Waals surface area contributed by atoms with Gasteiger partial charge in [0.05, 0.1) is 36.4 Å². The highest BCUT2D eigenvalue weighted by molar-refractivity contribution is 5.63. The number of alkyl halides is 3. The van der Waals surface area contributed by atoms with E-state index in [0.717, 1.165) is 47.4 Å². The first kappa shape index (κ1) is 24.4. The van der Waals surface area contributed by atoms with Crippen LogP contribution in [0.15, 0.2) is 30.7 Å². The molecule has 0 N–H and O–H groups in total. The van der Waals surface area contributed by atoms with Gasteiger partial charge in [0.25, 0.3) is 0 Å². The van der Waals surface area contributed by atoms with Gasteiger partial charge in [-0.05, 0) is 44.4 Å². The van der Waals surface area contributed by atoms with Gasteiger partial charge < -0.3 is 14.2 Å². The highest BCUT2D eigenvalue weighted by Crippen LogP contribution is 2.44. The van der Waals surface area contributed by atoms with E-state index in [1.54, 1.807) is 19.2 Å². The van der Waals surface area contributed by atoms with Crippen molar-refractivity contribution in [2.75, 3.05) is 18.6 Å². The van der Waals surface area contributed by atoms with Crippen LogP contribution in [0.3, 0.4) is 0 Å². The molecule has 4 heterocycles. The normalized spacial score (nSPS) is 15.6. The summed E-state index contributed by atoms with van der Waals surface area (Å²) in [6, 6.07) is 4.42. The number of ether oxygens (including phenoxy) is 1. The van der Waals surface area contributed by atoms with Crippen LogP contribution in [0.5, 0.6) is 5.88 Å². The lowest BCUT2D eigenvalue weighted by Gasteiger charge is -2.30. The van der Waals surface area contributed by atoms with Crippen molar-refractivity contribution in [1.82, 2.24) is 29.3 Å². The molecule has 1 fully saturated rings. The maximum Gasteiger partial charge on any atom is 0.434 e. The van der Waals surface area contributed by atoms with Gasteiger partial charge >= 0.3 is 6.18 Å². The largest absolute Gasteiger partial charge is 0.479 e. The van der Waals surface area contributed by atoms with Gasteiger partial charge in [0.2, 0.25) is 5.88 Å². The van der Waals surface area contributed by atoms with Gasteiger partial charge in [-0.25, -0.2) is 19.0 Å². The van der Waals surface area contributed by atoms with Crippen molar-refractivity contribution in [2.24, 2.45) is 7.05 Å². The van der Waals surface area contributed by atoms with Gasteiger partial charge in [-0.1, -0.05) is 0 Å². The molecule has 0 amide bonds. The van der Waals surface area contributed by atoms with Crippen LogP contribution in [-0.4, -0.2) is 43.0 Å². The zero-order chi connectivity index (χ0) is 26.8.